The van der Waals surface area contributed by atoms with Crippen LogP contribution in [-0.2, 0) is 0 Å². The normalized spacial score (nSPS) is 12.5. The van der Waals surface area contributed by atoms with Crippen LogP contribution in [0, 0.1) is 5.92 Å². The Morgan fingerprint density at radius 3 is 2.55 bits per heavy atom. The molecule has 0 amide bonds. The third-order valence-electron chi connectivity index (χ3n) is 3.27. The maximum atomic E-state index is 10.3. The van der Waals surface area contributed by atoms with E-state index >= 15 is 0 Å². The van der Waals surface area contributed by atoms with Crippen LogP contribution in [-0.4, -0.2) is 32.4 Å². The summed E-state index contributed by atoms with van der Waals surface area (Å²) in [5.41, 5.74) is 0.753. The monoisotopic (exact) mass is 281 g/mol. The summed E-state index contributed by atoms with van der Waals surface area (Å²) in [4.78, 5) is 0. The summed E-state index contributed by atoms with van der Waals surface area (Å²) in [5, 5.41) is 13.5. The number of rotatable bonds is 9. The van der Waals surface area contributed by atoms with Crippen molar-refractivity contribution in [3.63, 3.8) is 0 Å². The Labute approximate surface area is 122 Å². The Hall–Kier alpha value is -1.26. The van der Waals surface area contributed by atoms with Gasteiger partial charge in [0.2, 0.25) is 0 Å². The van der Waals surface area contributed by atoms with Gasteiger partial charge in [0, 0.05) is 12.1 Å². The van der Waals surface area contributed by atoms with Crippen LogP contribution in [0.4, 0.5) is 0 Å². The van der Waals surface area contributed by atoms with Crippen LogP contribution in [0.1, 0.15) is 38.4 Å². The van der Waals surface area contributed by atoms with Gasteiger partial charge in [0.15, 0.2) is 0 Å². The highest BCUT2D eigenvalue weighted by Gasteiger charge is 2.14. The fourth-order valence-electron chi connectivity index (χ4n) is 2.08. The topological polar surface area (TPSA) is 50.7 Å². The second kappa shape index (κ2) is 8.82. The number of aliphatic hydroxyl groups excluding tert-OH is 1. The zero-order valence-corrected chi connectivity index (χ0v) is 13.0. The van der Waals surface area contributed by atoms with Crippen LogP contribution in [0.3, 0.4) is 0 Å². The van der Waals surface area contributed by atoms with Gasteiger partial charge in [0.1, 0.15) is 11.5 Å². The zero-order valence-electron chi connectivity index (χ0n) is 13.0. The molecule has 0 radical (unpaired) electrons. The van der Waals surface area contributed by atoms with Crippen molar-refractivity contribution in [3.05, 3.63) is 23.8 Å². The lowest BCUT2D eigenvalue weighted by Crippen LogP contribution is -2.23. The van der Waals surface area contributed by atoms with Crippen molar-refractivity contribution in [1.29, 1.82) is 0 Å². The van der Waals surface area contributed by atoms with Crippen molar-refractivity contribution in [1.82, 2.24) is 5.32 Å². The molecule has 0 aliphatic heterocycles. The van der Waals surface area contributed by atoms with E-state index in [-0.39, 0.29) is 0 Å². The van der Waals surface area contributed by atoms with Gasteiger partial charge in [-0.3, -0.25) is 0 Å². The minimum absolute atomic E-state index is 0.515. The highest BCUT2D eigenvalue weighted by Crippen LogP contribution is 2.29. The Balaban J connectivity index is 2.51. The molecule has 0 bridgehead atoms. The number of methoxy groups -OCH3 is 2. The number of ether oxygens (including phenoxy) is 2. The second-order valence-electron chi connectivity index (χ2n) is 5.36. The van der Waals surface area contributed by atoms with Gasteiger partial charge in [0.05, 0.1) is 20.3 Å². The van der Waals surface area contributed by atoms with Crippen molar-refractivity contribution in [2.75, 3.05) is 27.3 Å². The van der Waals surface area contributed by atoms with E-state index in [1.165, 1.54) is 6.42 Å². The molecule has 0 spiro atoms. The minimum Gasteiger partial charge on any atom is -0.497 e. The lowest BCUT2D eigenvalue weighted by Gasteiger charge is -2.16. The maximum Gasteiger partial charge on any atom is 0.124 e. The first-order valence-corrected chi connectivity index (χ1v) is 7.19. The molecule has 1 atom stereocenters. The first kappa shape index (κ1) is 16.8. The molecule has 114 valence electrons. The van der Waals surface area contributed by atoms with Crippen LogP contribution in [0.15, 0.2) is 18.2 Å². The van der Waals surface area contributed by atoms with Gasteiger partial charge in [-0.25, -0.2) is 0 Å². The third kappa shape index (κ3) is 5.39. The van der Waals surface area contributed by atoms with E-state index in [9.17, 15) is 5.11 Å². The van der Waals surface area contributed by atoms with Crippen molar-refractivity contribution >= 4 is 0 Å². The predicted octanol–water partition coefficient (Wildman–Crippen LogP) is 2.76. The summed E-state index contributed by atoms with van der Waals surface area (Å²) in [6, 6.07) is 5.46. The van der Waals surface area contributed by atoms with Crippen molar-refractivity contribution in [2.45, 2.75) is 32.8 Å². The van der Waals surface area contributed by atoms with Crippen LogP contribution >= 0.6 is 0 Å². The van der Waals surface area contributed by atoms with Crippen LogP contribution in [0.2, 0.25) is 0 Å². The fourth-order valence-corrected chi connectivity index (χ4v) is 2.08. The smallest absolute Gasteiger partial charge is 0.124 e. The van der Waals surface area contributed by atoms with E-state index in [0.29, 0.717) is 12.3 Å². The third-order valence-corrected chi connectivity index (χ3v) is 3.27. The molecule has 0 saturated carbocycles. The van der Waals surface area contributed by atoms with Crippen molar-refractivity contribution in [3.8, 4) is 11.5 Å². The Morgan fingerprint density at radius 1 is 1.20 bits per heavy atom. The van der Waals surface area contributed by atoms with Gasteiger partial charge >= 0.3 is 0 Å². The SMILES string of the molecule is COc1ccc(OC)c(C(O)CNCCCC(C)C)c1. The van der Waals surface area contributed by atoms with Crippen molar-refractivity contribution < 1.29 is 14.6 Å². The summed E-state index contributed by atoms with van der Waals surface area (Å²) in [7, 11) is 3.22. The molecule has 20 heavy (non-hydrogen) atoms. The van der Waals surface area contributed by atoms with Crippen LogP contribution in [0.25, 0.3) is 0 Å². The quantitative estimate of drug-likeness (QED) is 0.683. The zero-order chi connectivity index (χ0) is 15.0. The van der Waals surface area contributed by atoms with Gasteiger partial charge in [-0.15, -0.1) is 0 Å². The standard InChI is InChI=1S/C16H27NO3/c1-12(2)6-5-9-17-11-15(18)14-10-13(19-3)7-8-16(14)20-4/h7-8,10,12,15,17-18H,5-6,9,11H2,1-4H3. The average molecular weight is 281 g/mol. The summed E-state index contributed by atoms with van der Waals surface area (Å²) in [5.74, 6) is 2.13. The van der Waals surface area contributed by atoms with Gasteiger partial charge in [-0.1, -0.05) is 13.8 Å². The first-order chi connectivity index (χ1) is 9.58. The number of hydrogen-bond donors (Lipinski definition) is 2. The highest BCUT2D eigenvalue weighted by molar-refractivity contribution is 5.41. The molecule has 1 rings (SSSR count). The lowest BCUT2D eigenvalue weighted by molar-refractivity contribution is 0.170. The number of aliphatic hydroxyl groups is 1. The molecule has 0 heterocycles. The Morgan fingerprint density at radius 2 is 1.95 bits per heavy atom. The molecule has 0 fully saturated rings. The second-order valence-corrected chi connectivity index (χ2v) is 5.36. The average Bonchev–Trinajstić information content (AvgIpc) is 2.45. The van der Waals surface area contributed by atoms with Gasteiger partial charge < -0.3 is 19.9 Å². The van der Waals surface area contributed by atoms with Crippen LogP contribution in [0.5, 0.6) is 11.5 Å². The van der Waals surface area contributed by atoms with E-state index < -0.39 is 6.10 Å². The fraction of sp³-hybridized carbons (Fsp3) is 0.625. The Bertz CT molecular complexity index is 393. The van der Waals surface area contributed by atoms with Gasteiger partial charge in [-0.05, 0) is 43.5 Å². The van der Waals surface area contributed by atoms with E-state index in [4.69, 9.17) is 9.47 Å². The highest BCUT2D eigenvalue weighted by atomic mass is 16.5. The molecule has 0 aliphatic carbocycles. The van der Waals surface area contributed by atoms with E-state index in [1.54, 1.807) is 14.2 Å². The molecule has 0 aliphatic rings. The molecular weight excluding hydrogens is 254 g/mol. The summed E-state index contributed by atoms with van der Waals surface area (Å²) >= 11 is 0. The maximum absolute atomic E-state index is 10.3. The molecule has 1 unspecified atom stereocenters. The van der Waals surface area contributed by atoms with E-state index in [2.05, 4.69) is 19.2 Å². The summed E-state index contributed by atoms with van der Waals surface area (Å²) in [6.07, 6.45) is 1.73. The van der Waals surface area contributed by atoms with E-state index in [1.807, 2.05) is 18.2 Å². The molecule has 1 aromatic rings. The number of hydrogen-bond acceptors (Lipinski definition) is 4. The largest absolute Gasteiger partial charge is 0.497 e. The number of nitrogens with one attached hydrogen (secondary N) is 1. The molecule has 4 nitrogen and oxygen atoms in total. The summed E-state index contributed by atoms with van der Waals surface area (Å²) in [6.45, 7) is 5.87. The minimum atomic E-state index is -0.598. The van der Waals surface area contributed by atoms with Gasteiger partial charge in [-0.2, -0.15) is 0 Å². The van der Waals surface area contributed by atoms with E-state index in [0.717, 1.165) is 30.2 Å². The molecule has 2 N–H and O–H groups in total. The molecule has 0 aromatic heterocycles. The Kier molecular flexibility index (Phi) is 7.41. The van der Waals surface area contributed by atoms with Crippen LogP contribution < -0.4 is 14.8 Å². The molecular formula is C16H27NO3. The molecule has 1 aromatic carbocycles. The molecule has 0 saturated heterocycles. The predicted molar refractivity (Wildman–Crippen MR) is 81.4 cm³/mol. The first-order valence-electron chi connectivity index (χ1n) is 7.19. The lowest BCUT2D eigenvalue weighted by atomic mass is 10.1. The van der Waals surface area contributed by atoms with Crippen molar-refractivity contribution in [2.24, 2.45) is 5.92 Å². The number of benzene rings is 1. The summed E-state index contributed by atoms with van der Waals surface area (Å²) < 4.78 is 10.5. The molecule has 4 heteroatoms. The van der Waals surface area contributed by atoms with Gasteiger partial charge in [0.25, 0.3) is 0 Å².